The lowest BCUT2D eigenvalue weighted by atomic mass is 9.97. The monoisotopic (exact) mass is 369 g/mol. The van der Waals surface area contributed by atoms with E-state index in [4.69, 9.17) is 14.6 Å². The molecule has 0 radical (unpaired) electrons. The van der Waals surface area contributed by atoms with Crippen LogP contribution in [0.4, 0.5) is 5.82 Å². The topological polar surface area (TPSA) is 111 Å². The number of fused-ring (bicyclic) bond motifs is 1. The highest BCUT2D eigenvalue weighted by Gasteiger charge is 2.23. The summed E-state index contributed by atoms with van der Waals surface area (Å²) in [6.07, 6.45) is 5.45. The third-order valence-corrected chi connectivity index (χ3v) is 5.08. The lowest BCUT2D eigenvalue weighted by molar-refractivity contribution is 0.353. The van der Waals surface area contributed by atoms with Crippen molar-refractivity contribution in [1.82, 2.24) is 14.1 Å². The van der Waals surface area contributed by atoms with Crippen LogP contribution in [0, 0.1) is 5.92 Å². The maximum Gasteiger partial charge on any atom is 0.274 e. The number of nitrogens with two attached hydrogens (primary N) is 1. The molecule has 0 unspecified atom stereocenters. The number of piperidine rings is 1. The Kier molecular flexibility index (Phi) is 5.02. The third kappa shape index (κ3) is 3.97. The maximum atomic E-state index is 11.0. The number of nitrogens with zero attached hydrogens (tertiary/aromatic N) is 3. The van der Waals surface area contributed by atoms with Crippen LogP contribution in [0.25, 0.3) is 5.65 Å². The Labute approximate surface area is 146 Å². The molecule has 1 aliphatic heterocycles. The van der Waals surface area contributed by atoms with E-state index < -0.39 is 10.2 Å². The van der Waals surface area contributed by atoms with E-state index in [-0.39, 0.29) is 5.92 Å². The second-order valence-corrected chi connectivity index (χ2v) is 7.46. The number of aromatic nitrogens is 2. The number of ether oxygens (including phenoxy) is 2. The summed E-state index contributed by atoms with van der Waals surface area (Å²) in [7, 11) is -0.430. The standard InChI is InChI=1S/C15H23N5O4S/c1-23-12-7-14-17-9-15(20(14)10-13(12)24-2)19-5-3-11(4-6-19)8-18-25(16,21)22/h7,9-11,18H,3-6,8H2,1-2H3,(H2,16,21,22). The van der Waals surface area contributed by atoms with E-state index in [0.717, 1.165) is 37.4 Å². The van der Waals surface area contributed by atoms with Crippen molar-refractivity contribution in [3.63, 3.8) is 0 Å². The molecule has 1 fully saturated rings. The van der Waals surface area contributed by atoms with Crippen molar-refractivity contribution in [2.24, 2.45) is 11.1 Å². The van der Waals surface area contributed by atoms with Gasteiger partial charge in [0.15, 0.2) is 11.5 Å². The van der Waals surface area contributed by atoms with Gasteiger partial charge in [0.05, 0.1) is 26.6 Å². The molecule has 0 amide bonds. The third-order valence-electron chi connectivity index (χ3n) is 4.51. The van der Waals surface area contributed by atoms with Crippen molar-refractivity contribution < 1.29 is 17.9 Å². The van der Waals surface area contributed by atoms with Gasteiger partial charge in [0.1, 0.15) is 11.5 Å². The lowest BCUT2D eigenvalue weighted by Gasteiger charge is -2.32. The fraction of sp³-hybridized carbons (Fsp3) is 0.533. The molecule has 138 valence electrons. The Hall–Kier alpha value is -2.04. The average Bonchev–Trinajstić information content (AvgIpc) is 3.01. The predicted octanol–water partition coefficient (Wildman–Crippen LogP) is 0.361. The number of imidazole rings is 1. The summed E-state index contributed by atoms with van der Waals surface area (Å²) in [5.74, 6) is 2.54. The van der Waals surface area contributed by atoms with Crippen molar-refractivity contribution in [3.05, 3.63) is 18.5 Å². The Morgan fingerprint density at radius 1 is 1.28 bits per heavy atom. The largest absolute Gasteiger partial charge is 0.493 e. The van der Waals surface area contributed by atoms with Crippen molar-refractivity contribution in [2.75, 3.05) is 38.8 Å². The molecule has 25 heavy (non-hydrogen) atoms. The molecule has 0 spiro atoms. The van der Waals surface area contributed by atoms with E-state index in [9.17, 15) is 8.42 Å². The Bertz CT molecular complexity index is 843. The Morgan fingerprint density at radius 3 is 2.56 bits per heavy atom. The number of rotatable bonds is 6. The molecule has 3 heterocycles. The molecule has 10 heteroatoms. The Morgan fingerprint density at radius 2 is 1.96 bits per heavy atom. The second kappa shape index (κ2) is 7.06. The quantitative estimate of drug-likeness (QED) is 0.761. The van der Waals surface area contributed by atoms with Crippen LogP contribution in [0.2, 0.25) is 0 Å². The zero-order valence-corrected chi connectivity index (χ0v) is 15.1. The second-order valence-electron chi connectivity index (χ2n) is 6.08. The minimum absolute atomic E-state index is 0.281. The number of hydrogen-bond acceptors (Lipinski definition) is 6. The fourth-order valence-electron chi connectivity index (χ4n) is 3.12. The average molecular weight is 369 g/mol. The molecule has 1 saturated heterocycles. The predicted molar refractivity (Wildman–Crippen MR) is 94.3 cm³/mol. The molecule has 1 aliphatic rings. The van der Waals surface area contributed by atoms with Gasteiger partial charge in [0, 0.05) is 25.7 Å². The summed E-state index contributed by atoms with van der Waals surface area (Å²) < 4.78 is 37.0. The van der Waals surface area contributed by atoms with Gasteiger partial charge in [0.25, 0.3) is 10.2 Å². The molecular weight excluding hydrogens is 346 g/mol. The highest BCUT2D eigenvalue weighted by atomic mass is 32.2. The maximum absolute atomic E-state index is 11.0. The van der Waals surface area contributed by atoms with Crippen molar-refractivity contribution in [1.29, 1.82) is 0 Å². The minimum atomic E-state index is -3.63. The summed E-state index contributed by atoms with van der Waals surface area (Å²) in [5.41, 5.74) is 0.783. The first-order chi connectivity index (χ1) is 11.9. The SMILES string of the molecule is COc1cc2ncc(N3CCC(CNS(N)(=O)=O)CC3)n2cc1OC. The fourth-order valence-corrected chi connectivity index (χ4v) is 3.59. The highest BCUT2D eigenvalue weighted by Crippen LogP contribution is 2.31. The van der Waals surface area contributed by atoms with Crippen molar-refractivity contribution in [3.8, 4) is 11.5 Å². The molecule has 0 aliphatic carbocycles. The first-order valence-corrected chi connectivity index (χ1v) is 9.57. The molecule has 0 atom stereocenters. The van der Waals surface area contributed by atoms with Gasteiger partial charge in [0.2, 0.25) is 0 Å². The number of methoxy groups -OCH3 is 2. The van der Waals surface area contributed by atoms with E-state index in [1.165, 1.54) is 0 Å². The van der Waals surface area contributed by atoms with Crippen LogP contribution < -0.4 is 24.2 Å². The summed E-state index contributed by atoms with van der Waals surface area (Å²) in [4.78, 5) is 6.68. The van der Waals surface area contributed by atoms with E-state index in [1.807, 2.05) is 22.9 Å². The van der Waals surface area contributed by atoms with E-state index >= 15 is 0 Å². The molecule has 3 rings (SSSR count). The smallest absolute Gasteiger partial charge is 0.274 e. The van der Waals surface area contributed by atoms with Crippen LogP contribution in [-0.4, -0.2) is 51.7 Å². The first kappa shape index (κ1) is 17.8. The summed E-state index contributed by atoms with van der Waals surface area (Å²) in [6.45, 7) is 2.02. The van der Waals surface area contributed by atoms with Crippen LogP contribution in [-0.2, 0) is 10.2 Å². The summed E-state index contributed by atoms with van der Waals surface area (Å²) in [5, 5.41) is 4.99. The molecule has 2 aromatic heterocycles. The van der Waals surface area contributed by atoms with Gasteiger partial charge in [-0.25, -0.2) is 14.8 Å². The molecule has 2 aromatic rings. The van der Waals surface area contributed by atoms with Crippen molar-refractivity contribution >= 4 is 21.7 Å². The number of nitrogens with one attached hydrogen (secondary N) is 1. The summed E-state index contributed by atoms with van der Waals surface area (Å²) >= 11 is 0. The van der Waals surface area contributed by atoms with Gasteiger partial charge in [-0.15, -0.1) is 0 Å². The summed E-state index contributed by atoms with van der Waals surface area (Å²) in [6, 6.07) is 1.84. The van der Waals surface area contributed by atoms with E-state index in [2.05, 4.69) is 14.6 Å². The highest BCUT2D eigenvalue weighted by molar-refractivity contribution is 7.87. The van der Waals surface area contributed by atoms with Crippen LogP contribution in [0.1, 0.15) is 12.8 Å². The molecule has 9 nitrogen and oxygen atoms in total. The number of pyridine rings is 1. The van der Waals surface area contributed by atoms with E-state index in [0.29, 0.717) is 18.0 Å². The molecule has 0 bridgehead atoms. The number of anilines is 1. The van der Waals surface area contributed by atoms with Crippen molar-refractivity contribution in [2.45, 2.75) is 12.8 Å². The van der Waals surface area contributed by atoms with Crippen LogP contribution in [0.5, 0.6) is 11.5 Å². The van der Waals surface area contributed by atoms with Gasteiger partial charge < -0.3 is 14.4 Å². The van der Waals surface area contributed by atoms with Gasteiger partial charge >= 0.3 is 0 Å². The first-order valence-electron chi connectivity index (χ1n) is 8.02. The van der Waals surface area contributed by atoms with Crippen LogP contribution in [0.15, 0.2) is 18.5 Å². The lowest BCUT2D eigenvalue weighted by Crippen LogP contribution is -2.40. The zero-order valence-electron chi connectivity index (χ0n) is 14.3. The Balaban J connectivity index is 1.73. The minimum Gasteiger partial charge on any atom is -0.493 e. The molecular formula is C15H23N5O4S. The van der Waals surface area contributed by atoms with E-state index in [1.54, 1.807) is 14.2 Å². The van der Waals surface area contributed by atoms with Gasteiger partial charge in [-0.3, -0.25) is 4.40 Å². The normalized spacial score (nSPS) is 16.4. The van der Waals surface area contributed by atoms with Gasteiger partial charge in [-0.2, -0.15) is 8.42 Å². The van der Waals surface area contributed by atoms with Gasteiger partial charge in [-0.1, -0.05) is 0 Å². The van der Waals surface area contributed by atoms with Crippen LogP contribution >= 0.6 is 0 Å². The molecule has 0 aromatic carbocycles. The van der Waals surface area contributed by atoms with Crippen LogP contribution in [0.3, 0.4) is 0 Å². The zero-order chi connectivity index (χ0) is 18.0. The molecule has 0 saturated carbocycles. The van der Waals surface area contributed by atoms with Gasteiger partial charge in [-0.05, 0) is 18.8 Å². The molecule has 3 N–H and O–H groups in total. The number of hydrogen-bond donors (Lipinski definition) is 2.